The fourth-order valence-corrected chi connectivity index (χ4v) is 4.42. The first-order valence-electron chi connectivity index (χ1n) is 7.55. The lowest BCUT2D eigenvalue weighted by Gasteiger charge is -2.31. The van der Waals surface area contributed by atoms with Crippen molar-refractivity contribution in [3.63, 3.8) is 0 Å². The molecule has 7 nitrogen and oxygen atoms in total. The lowest BCUT2D eigenvalue weighted by molar-refractivity contribution is -0.118. The van der Waals surface area contributed by atoms with E-state index in [0.717, 1.165) is 0 Å². The van der Waals surface area contributed by atoms with Gasteiger partial charge in [-0.15, -0.1) is 0 Å². The van der Waals surface area contributed by atoms with Gasteiger partial charge in [0.25, 0.3) is 0 Å². The minimum absolute atomic E-state index is 0.292. The Morgan fingerprint density at radius 3 is 2.54 bits per heavy atom. The fourth-order valence-electron chi connectivity index (χ4n) is 2.56. The van der Waals surface area contributed by atoms with Crippen LogP contribution in [0.15, 0.2) is 24.3 Å². The second-order valence-corrected chi connectivity index (χ2v) is 8.32. The summed E-state index contributed by atoms with van der Waals surface area (Å²) in [6.45, 7) is 0.647. The number of hydrogen-bond donors (Lipinski definition) is 2. The lowest BCUT2D eigenvalue weighted by atomic mass is 10.1. The number of carbonyl (C=O) groups excluding carboxylic acids is 2. The molecule has 132 valence electrons. The molecule has 0 bridgehead atoms. The number of nitrogens with zero attached hydrogens (tertiary/aromatic N) is 1. The molecule has 3 amide bonds. The van der Waals surface area contributed by atoms with E-state index in [9.17, 15) is 18.0 Å². The standard InChI is InChI=1S/C15H20ClN3O4S/c1-17-14(20)10-24(22,23)13-5-7-19(8-6-13)15(21)18-12-4-2-3-11(16)9-12/h2-4,9,13H,5-8,10H2,1H3,(H,17,20)(H,18,21). The molecule has 1 aliphatic rings. The summed E-state index contributed by atoms with van der Waals surface area (Å²) in [5.41, 5.74) is 0.585. The van der Waals surface area contributed by atoms with E-state index in [1.165, 1.54) is 7.05 Å². The molecule has 1 aliphatic heterocycles. The maximum atomic E-state index is 12.2. The van der Waals surface area contributed by atoms with Crippen molar-refractivity contribution in [3.8, 4) is 0 Å². The zero-order chi connectivity index (χ0) is 17.7. The molecule has 0 unspecified atom stereocenters. The highest BCUT2D eigenvalue weighted by molar-refractivity contribution is 7.92. The predicted octanol–water partition coefficient (Wildman–Crippen LogP) is 1.50. The van der Waals surface area contributed by atoms with Crippen molar-refractivity contribution in [2.45, 2.75) is 18.1 Å². The Balaban J connectivity index is 1.90. The highest BCUT2D eigenvalue weighted by Crippen LogP contribution is 2.20. The van der Waals surface area contributed by atoms with Crippen LogP contribution in [0, 0.1) is 0 Å². The molecule has 9 heteroatoms. The van der Waals surface area contributed by atoms with Gasteiger partial charge in [0.05, 0.1) is 5.25 Å². The van der Waals surface area contributed by atoms with Crippen molar-refractivity contribution < 1.29 is 18.0 Å². The van der Waals surface area contributed by atoms with Crippen molar-refractivity contribution >= 4 is 39.1 Å². The van der Waals surface area contributed by atoms with E-state index >= 15 is 0 Å². The topological polar surface area (TPSA) is 95.6 Å². The van der Waals surface area contributed by atoms with Crippen LogP contribution in [0.25, 0.3) is 0 Å². The number of likely N-dealkylation sites (tertiary alicyclic amines) is 1. The molecule has 1 fully saturated rings. The SMILES string of the molecule is CNC(=O)CS(=O)(=O)C1CCN(C(=O)Nc2cccc(Cl)c2)CC1. The van der Waals surface area contributed by atoms with Gasteiger partial charge >= 0.3 is 6.03 Å². The van der Waals surface area contributed by atoms with Gasteiger partial charge in [0.15, 0.2) is 9.84 Å². The first kappa shape index (κ1) is 18.5. The molecule has 2 rings (SSSR count). The van der Waals surface area contributed by atoms with Crippen LogP contribution in [-0.4, -0.2) is 56.4 Å². The number of rotatable bonds is 4. The summed E-state index contributed by atoms with van der Waals surface area (Å²) in [7, 11) is -2.09. The fraction of sp³-hybridized carbons (Fsp3) is 0.467. The van der Waals surface area contributed by atoms with Gasteiger partial charge in [-0.2, -0.15) is 0 Å². The van der Waals surface area contributed by atoms with Crippen LogP contribution in [0.4, 0.5) is 10.5 Å². The Hall–Kier alpha value is -1.80. The normalized spacial score (nSPS) is 15.8. The van der Waals surface area contributed by atoms with E-state index in [0.29, 0.717) is 36.6 Å². The van der Waals surface area contributed by atoms with Crippen molar-refractivity contribution in [2.24, 2.45) is 0 Å². The monoisotopic (exact) mass is 373 g/mol. The number of carbonyl (C=O) groups is 2. The average molecular weight is 374 g/mol. The van der Waals surface area contributed by atoms with Gasteiger partial charge in [-0.05, 0) is 31.0 Å². The summed E-state index contributed by atoms with van der Waals surface area (Å²) in [5.74, 6) is -1.03. The molecular formula is C15H20ClN3O4S. The van der Waals surface area contributed by atoms with Gasteiger partial charge in [-0.3, -0.25) is 4.79 Å². The number of amides is 3. The zero-order valence-corrected chi connectivity index (χ0v) is 14.9. The maximum absolute atomic E-state index is 12.2. The van der Waals surface area contributed by atoms with Crippen LogP contribution in [0.5, 0.6) is 0 Å². The third-order valence-corrected chi connectivity index (χ3v) is 6.31. The highest BCUT2D eigenvalue weighted by Gasteiger charge is 2.32. The van der Waals surface area contributed by atoms with Gasteiger partial charge in [-0.1, -0.05) is 17.7 Å². The number of urea groups is 1. The van der Waals surface area contributed by atoms with Crippen molar-refractivity contribution in [1.82, 2.24) is 10.2 Å². The van der Waals surface area contributed by atoms with E-state index in [4.69, 9.17) is 11.6 Å². The average Bonchev–Trinajstić information content (AvgIpc) is 2.54. The van der Waals surface area contributed by atoms with Crippen LogP contribution in [0.3, 0.4) is 0 Å². The second-order valence-electron chi connectivity index (χ2n) is 5.61. The summed E-state index contributed by atoms with van der Waals surface area (Å²) in [6, 6.07) is 6.51. The van der Waals surface area contributed by atoms with Crippen LogP contribution < -0.4 is 10.6 Å². The Kier molecular flexibility index (Phi) is 6.06. The first-order valence-corrected chi connectivity index (χ1v) is 9.65. The number of halogens is 1. The number of piperidine rings is 1. The molecule has 0 radical (unpaired) electrons. The molecule has 24 heavy (non-hydrogen) atoms. The molecule has 1 saturated heterocycles. The first-order chi connectivity index (χ1) is 11.3. The van der Waals surface area contributed by atoms with Crippen LogP contribution in [-0.2, 0) is 14.6 Å². The number of hydrogen-bond acceptors (Lipinski definition) is 4. The smallest absolute Gasteiger partial charge is 0.321 e. The third-order valence-electron chi connectivity index (χ3n) is 3.92. The van der Waals surface area contributed by atoms with E-state index in [2.05, 4.69) is 10.6 Å². The van der Waals surface area contributed by atoms with Gasteiger partial charge in [-0.25, -0.2) is 13.2 Å². The van der Waals surface area contributed by atoms with E-state index in [1.54, 1.807) is 29.2 Å². The minimum Gasteiger partial charge on any atom is -0.358 e. The molecule has 2 N–H and O–H groups in total. The summed E-state index contributed by atoms with van der Waals surface area (Å²) in [6.07, 6.45) is 0.643. The van der Waals surface area contributed by atoms with Crippen LogP contribution >= 0.6 is 11.6 Å². The summed E-state index contributed by atoms with van der Waals surface area (Å²) < 4.78 is 24.3. The maximum Gasteiger partial charge on any atom is 0.321 e. The van der Waals surface area contributed by atoms with Crippen molar-refractivity contribution in [1.29, 1.82) is 0 Å². The predicted molar refractivity (Wildman–Crippen MR) is 92.9 cm³/mol. The Morgan fingerprint density at radius 2 is 1.96 bits per heavy atom. The highest BCUT2D eigenvalue weighted by atomic mass is 35.5. The van der Waals surface area contributed by atoms with Crippen LogP contribution in [0.2, 0.25) is 5.02 Å². The van der Waals surface area contributed by atoms with Gasteiger partial charge in [0.2, 0.25) is 5.91 Å². The minimum atomic E-state index is -3.50. The van der Waals surface area contributed by atoms with Crippen molar-refractivity contribution in [2.75, 3.05) is 31.2 Å². The summed E-state index contributed by atoms with van der Waals surface area (Å²) in [4.78, 5) is 25.1. The number of anilines is 1. The lowest BCUT2D eigenvalue weighted by Crippen LogP contribution is -2.45. The Bertz CT molecular complexity index is 715. The summed E-state index contributed by atoms with van der Waals surface area (Å²) in [5, 5.41) is 4.98. The number of sulfone groups is 1. The molecule has 1 aromatic rings. The van der Waals surface area contributed by atoms with Gasteiger partial charge in [0, 0.05) is 30.8 Å². The van der Waals surface area contributed by atoms with Crippen LogP contribution in [0.1, 0.15) is 12.8 Å². The third kappa shape index (κ3) is 4.85. The molecule has 0 atom stereocenters. The van der Waals surface area contributed by atoms with Gasteiger partial charge in [0.1, 0.15) is 5.75 Å². The van der Waals surface area contributed by atoms with Crippen molar-refractivity contribution in [3.05, 3.63) is 29.3 Å². The molecule has 1 aromatic carbocycles. The number of nitrogens with one attached hydrogen (secondary N) is 2. The Morgan fingerprint density at radius 1 is 1.29 bits per heavy atom. The van der Waals surface area contributed by atoms with E-state index in [-0.39, 0.29) is 6.03 Å². The molecule has 0 saturated carbocycles. The Labute approximate surface area is 146 Å². The summed E-state index contributed by atoms with van der Waals surface area (Å²) >= 11 is 5.87. The molecule has 0 aliphatic carbocycles. The zero-order valence-electron chi connectivity index (χ0n) is 13.3. The molecule has 1 heterocycles. The quantitative estimate of drug-likeness (QED) is 0.835. The van der Waals surface area contributed by atoms with Gasteiger partial charge < -0.3 is 15.5 Å². The second kappa shape index (κ2) is 7.85. The van der Waals surface area contributed by atoms with E-state index in [1.807, 2.05) is 0 Å². The van der Waals surface area contributed by atoms with E-state index < -0.39 is 26.7 Å². The molecule has 0 aromatic heterocycles. The molecule has 0 spiro atoms. The largest absolute Gasteiger partial charge is 0.358 e. The molecular weight excluding hydrogens is 354 g/mol. The number of benzene rings is 1.